The molecule has 118 valence electrons. The second-order valence-corrected chi connectivity index (χ2v) is 4.90. The number of nitrogens with one attached hydrogen (secondary N) is 1. The zero-order chi connectivity index (χ0) is 16.3. The van der Waals surface area contributed by atoms with Crippen molar-refractivity contribution in [3.05, 3.63) is 43.0 Å². The lowest BCUT2D eigenvalue weighted by Crippen LogP contribution is -2.33. The Balaban J connectivity index is 2.28. The third kappa shape index (κ3) is 3.35. The molecule has 1 aliphatic heterocycles. The van der Waals surface area contributed by atoms with Gasteiger partial charge in [-0.1, -0.05) is 5.11 Å². The molecule has 0 unspecified atom stereocenters. The molecule has 0 aromatic carbocycles. The third-order valence-corrected chi connectivity index (χ3v) is 3.28. The summed E-state index contributed by atoms with van der Waals surface area (Å²) in [4.78, 5) is 39.2. The highest BCUT2D eigenvalue weighted by molar-refractivity contribution is 5.66. The molecule has 1 N–H and O–H groups in total. The van der Waals surface area contributed by atoms with Crippen LogP contribution in [0.15, 0.2) is 20.9 Å². The van der Waals surface area contributed by atoms with Crippen molar-refractivity contribution in [2.45, 2.75) is 38.7 Å². The molecule has 1 saturated heterocycles. The lowest BCUT2D eigenvalue weighted by molar-refractivity contribution is -0.148. The molecular formula is C12H15N5O5. The number of esters is 1. The maximum absolute atomic E-state index is 11.9. The van der Waals surface area contributed by atoms with Crippen LogP contribution in [0.2, 0.25) is 0 Å². The molecule has 1 aliphatic rings. The molecule has 0 bridgehead atoms. The van der Waals surface area contributed by atoms with Crippen LogP contribution in [0.3, 0.4) is 0 Å². The average molecular weight is 309 g/mol. The van der Waals surface area contributed by atoms with E-state index in [1.807, 2.05) is 0 Å². The third-order valence-electron chi connectivity index (χ3n) is 3.28. The summed E-state index contributed by atoms with van der Waals surface area (Å²) < 4.78 is 12.0. The summed E-state index contributed by atoms with van der Waals surface area (Å²) in [5, 5.41) is 3.41. The fourth-order valence-electron chi connectivity index (χ4n) is 2.29. The van der Waals surface area contributed by atoms with Gasteiger partial charge in [-0.2, -0.15) is 0 Å². The van der Waals surface area contributed by atoms with E-state index in [0.717, 1.165) is 0 Å². The molecule has 0 radical (unpaired) electrons. The molecule has 1 fully saturated rings. The minimum atomic E-state index is -0.716. The highest BCUT2D eigenvalue weighted by Crippen LogP contribution is 2.30. The quantitative estimate of drug-likeness (QED) is 0.370. The first kappa shape index (κ1) is 15.8. The summed E-state index contributed by atoms with van der Waals surface area (Å²) in [5.41, 5.74) is 7.65. The highest BCUT2D eigenvalue weighted by atomic mass is 16.6. The van der Waals surface area contributed by atoms with Crippen LogP contribution >= 0.6 is 0 Å². The van der Waals surface area contributed by atoms with Gasteiger partial charge >= 0.3 is 11.7 Å². The number of hydrogen-bond donors (Lipinski definition) is 1. The molecule has 2 heterocycles. The van der Waals surface area contributed by atoms with E-state index in [9.17, 15) is 14.4 Å². The SMILES string of the molecule is CC(=O)O[C@H]1C[C@H](n2cc(C)c(=O)[nH]c2=O)O[C@@H]1CN=[N+]=[N-]. The maximum atomic E-state index is 11.9. The van der Waals surface area contributed by atoms with Crippen LogP contribution in [-0.4, -0.2) is 34.3 Å². The minimum Gasteiger partial charge on any atom is -0.460 e. The summed E-state index contributed by atoms with van der Waals surface area (Å²) in [6.45, 7) is 2.79. The first-order chi connectivity index (χ1) is 10.4. The molecule has 0 amide bonds. The Kier molecular flexibility index (Phi) is 4.64. The summed E-state index contributed by atoms with van der Waals surface area (Å²) in [6.07, 6.45) is -0.397. The van der Waals surface area contributed by atoms with Gasteiger partial charge in [0.05, 0.1) is 6.54 Å². The van der Waals surface area contributed by atoms with Crippen molar-refractivity contribution in [3.8, 4) is 0 Å². The Hall–Kier alpha value is -2.58. The molecule has 2 rings (SSSR count). The summed E-state index contributed by atoms with van der Waals surface area (Å²) in [6, 6.07) is 0. The van der Waals surface area contributed by atoms with Crippen molar-refractivity contribution in [2.24, 2.45) is 5.11 Å². The standard InChI is InChI=1S/C12H15N5O5/c1-6-5-17(12(20)15-11(6)19)10-3-8(21-7(2)18)9(22-10)4-14-16-13/h5,8-10H,3-4H2,1-2H3,(H,15,19,20)/t8-,9+,10+/m0/s1. The number of aromatic nitrogens is 2. The molecule has 10 nitrogen and oxygen atoms in total. The number of azide groups is 1. The predicted octanol–water partition coefficient (Wildman–Crippen LogP) is 0.375. The lowest BCUT2D eigenvalue weighted by Gasteiger charge is -2.15. The molecule has 3 atom stereocenters. The van der Waals surface area contributed by atoms with Crippen molar-refractivity contribution in [2.75, 3.05) is 6.54 Å². The van der Waals surface area contributed by atoms with Crippen molar-refractivity contribution in [1.29, 1.82) is 0 Å². The monoisotopic (exact) mass is 309 g/mol. The van der Waals surface area contributed by atoms with Gasteiger partial charge in [-0.15, -0.1) is 0 Å². The lowest BCUT2D eigenvalue weighted by atomic mass is 10.2. The number of aromatic amines is 1. The van der Waals surface area contributed by atoms with Crippen LogP contribution in [0.1, 0.15) is 25.1 Å². The minimum absolute atomic E-state index is 0.0258. The fourth-order valence-corrected chi connectivity index (χ4v) is 2.29. The molecule has 1 aromatic rings. The second-order valence-electron chi connectivity index (χ2n) is 4.90. The van der Waals surface area contributed by atoms with Crippen LogP contribution < -0.4 is 11.2 Å². The zero-order valence-electron chi connectivity index (χ0n) is 12.1. The normalized spacial score (nSPS) is 23.8. The van der Waals surface area contributed by atoms with E-state index >= 15 is 0 Å². The van der Waals surface area contributed by atoms with Gasteiger partial charge in [-0.3, -0.25) is 19.1 Å². The smallest absolute Gasteiger partial charge is 0.330 e. The van der Waals surface area contributed by atoms with Gasteiger partial charge in [-0.25, -0.2) is 4.79 Å². The van der Waals surface area contributed by atoms with Gasteiger partial charge in [0.2, 0.25) is 0 Å². The van der Waals surface area contributed by atoms with Crippen molar-refractivity contribution < 1.29 is 14.3 Å². The van der Waals surface area contributed by atoms with Gasteiger partial charge in [-0.05, 0) is 12.5 Å². The number of rotatable bonds is 4. The van der Waals surface area contributed by atoms with Gasteiger partial charge in [0.15, 0.2) is 0 Å². The first-order valence-corrected chi connectivity index (χ1v) is 6.58. The van der Waals surface area contributed by atoms with Crippen molar-refractivity contribution in [3.63, 3.8) is 0 Å². The first-order valence-electron chi connectivity index (χ1n) is 6.58. The van der Waals surface area contributed by atoms with Crippen LogP contribution in [-0.2, 0) is 14.3 Å². The van der Waals surface area contributed by atoms with Gasteiger partial charge in [0, 0.05) is 30.0 Å². The number of nitrogens with zero attached hydrogens (tertiary/aromatic N) is 4. The van der Waals surface area contributed by atoms with E-state index < -0.39 is 35.7 Å². The van der Waals surface area contributed by atoms with Crippen molar-refractivity contribution >= 4 is 5.97 Å². The number of carbonyl (C=O) groups is 1. The number of hydrogen-bond acceptors (Lipinski definition) is 6. The van der Waals surface area contributed by atoms with Crippen LogP contribution in [0.5, 0.6) is 0 Å². The van der Waals surface area contributed by atoms with E-state index in [1.165, 1.54) is 17.7 Å². The molecule has 0 spiro atoms. The fraction of sp³-hybridized carbons (Fsp3) is 0.583. The molecule has 1 aromatic heterocycles. The van der Waals surface area contributed by atoms with Crippen LogP contribution in [0.25, 0.3) is 10.4 Å². The highest BCUT2D eigenvalue weighted by Gasteiger charge is 2.38. The number of ether oxygens (including phenoxy) is 2. The summed E-state index contributed by atoms with van der Waals surface area (Å²) in [7, 11) is 0. The average Bonchev–Trinajstić information content (AvgIpc) is 2.82. The van der Waals surface area contributed by atoms with Crippen LogP contribution in [0.4, 0.5) is 0 Å². The summed E-state index contributed by atoms with van der Waals surface area (Å²) >= 11 is 0. The Bertz CT molecular complexity index is 720. The van der Waals surface area contributed by atoms with E-state index in [0.29, 0.717) is 5.56 Å². The topological polar surface area (TPSA) is 139 Å². The van der Waals surface area contributed by atoms with Crippen LogP contribution in [0, 0.1) is 6.92 Å². The van der Waals surface area contributed by atoms with Gasteiger partial charge in [0.1, 0.15) is 18.4 Å². The molecule has 10 heteroatoms. The zero-order valence-corrected chi connectivity index (χ0v) is 12.1. The maximum Gasteiger partial charge on any atom is 0.330 e. The van der Waals surface area contributed by atoms with Gasteiger partial charge in [0.25, 0.3) is 5.56 Å². The molecule has 0 saturated carbocycles. The number of H-pyrrole nitrogens is 1. The molecular weight excluding hydrogens is 294 g/mol. The molecule has 22 heavy (non-hydrogen) atoms. The number of aryl methyl sites for hydroxylation is 1. The summed E-state index contributed by atoms with van der Waals surface area (Å²) in [5.74, 6) is -0.495. The number of carbonyl (C=O) groups excluding carboxylic acids is 1. The van der Waals surface area contributed by atoms with E-state index in [-0.39, 0.29) is 13.0 Å². The predicted molar refractivity (Wildman–Crippen MR) is 74.2 cm³/mol. The Labute approximate surface area is 124 Å². The Morgan fingerprint density at radius 1 is 1.64 bits per heavy atom. The largest absolute Gasteiger partial charge is 0.460 e. The van der Waals surface area contributed by atoms with Crippen molar-refractivity contribution in [1.82, 2.24) is 9.55 Å². The second kappa shape index (κ2) is 6.46. The Morgan fingerprint density at radius 3 is 3.00 bits per heavy atom. The molecule has 0 aliphatic carbocycles. The van der Waals surface area contributed by atoms with E-state index in [2.05, 4.69) is 15.0 Å². The van der Waals surface area contributed by atoms with Gasteiger partial charge < -0.3 is 9.47 Å². The Morgan fingerprint density at radius 2 is 2.36 bits per heavy atom. The van der Waals surface area contributed by atoms with E-state index in [1.54, 1.807) is 6.92 Å². The van der Waals surface area contributed by atoms with E-state index in [4.69, 9.17) is 15.0 Å².